The van der Waals surface area contributed by atoms with E-state index in [9.17, 15) is 0 Å². The van der Waals surface area contributed by atoms with Gasteiger partial charge in [-0.05, 0) is 55.7 Å². The van der Waals surface area contributed by atoms with Gasteiger partial charge in [0.2, 0.25) is 0 Å². The van der Waals surface area contributed by atoms with Crippen LogP contribution in [0.4, 0.5) is 0 Å². The lowest BCUT2D eigenvalue weighted by Crippen LogP contribution is -2.11. The molecule has 0 aliphatic carbocycles. The van der Waals surface area contributed by atoms with E-state index in [0.29, 0.717) is 0 Å². The molecule has 21 heavy (non-hydrogen) atoms. The highest BCUT2D eigenvalue weighted by Gasteiger charge is 2.14. The SMILES string of the molecule is Cc1ccc(C=C2CCCN=C2c2cccnc2)s1.Cl.Cl. The molecular weight excluding hydrogens is 323 g/mol. The molecule has 0 bridgehead atoms. The highest BCUT2D eigenvalue weighted by Crippen LogP contribution is 2.24. The molecule has 1 aliphatic heterocycles. The number of rotatable bonds is 2. The van der Waals surface area contributed by atoms with Gasteiger partial charge in [0.25, 0.3) is 0 Å². The lowest BCUT2D eigenvalue weighted by Gasteiger charge is -2.15. The van der Waals surface area contributed by atoms with Crippen molar-refractivity contribution in [3.05, 3.63) is 57.6 Å². The number of pyridine rings is 1. The number of hydrogen-bond acceptors (Lipinski definition) is 3. The summed E-state index contributed by atoms with van der Waals surface area (Å²) in [6, 6.07) is 8.41. The Balaban J connectivity index is 0.00000110. The average Bonchev–Trinajstić information content (AvgIpc) is 2.86. The first kappa shape index (κ1) is 17.9. The van der Waals surface area contributed by atoms with Gasteiger partial charge in [0.15, 0.2) is 0 Å². The molecule has 112 valence electrons. The maximum atomic E-state index is 4.70. The summed E-state index contributed by atoms with van der Waals surface area (Å²) in [7, 11) is 0. The van der Waals surface area contributed by atoms with E-state index in [0.717, 1.165) is 30.7 Å². The second-order valence-corrected chi connectivity index (χ2v) is 6.01. The van der Waals surface area contributed by atoms with Crippen molar-refractivity contribution in [2.45, 2.75) is 19.8 Å². The van der Waals surface area contributed by atoms with E-state index in [-0.39, 0.29) is 24.8 Å². The average molecular weight is 341 g/mol. The normalized spacial score (nSPS) is 15.9. The van der Waals surface area contributed by atoms with Crippen LogP contribution in [0.15, 0.2) is 47.2 Å². The smallest absolute Gasteiger partial charge is 0.0694 e. The van der Waals surface area contributed by atoms with Gasteiger partial charge >= 0.3 is 0 Å². The molecule has 0 unspecified atom stereocenters. The molecule has 0 fully saturated rings. The van der Waals surface area contributed by atoms with Crippen LogP contribution in [-0.2, 0) is 0 Å². The van der Waals surface area contributed by atoms with Gasteiger partial charge in [-0.3, -0.25) is 9.98 Å². The molecule has 3 heterocycles. The molecule has 2 nitrogen and oxygen atoms in total. The molecule has 0 atom stereocenters. The van der Waals surface area contributed by atoms with Gasteiger partial charge < -0.3 is 0 Å². The molecule has 3 rings (SSSR count). The molecule has 2 aromatic heterocycles. The summed E-state index contributed by atoms with van der Waals surface area (Å²) < 4.78 is 0. The third kappa shape index (κ3) is 4.40. The van der Waals surface area contributed by atoms with Crippen LogP contribution in [0.2, 0.25) is 0 Å². The van der Waals surface area contributed by atoms with Gasteiger partial charge in [0, 0.05) is 34.3 Å². The van der Waals surface area contributed by atoms with Crippen LogP contribution in [0.5, 0.6) is 0 Å². The fraction of sp³-hybridized carbons (Fsp3) is 0.250. The Morgan fingerprint density at radius 3 is 2.71 bits per heavy atom. The molecule has 5 heteroatoms. The topological polar surface area (TPSA) is 25.2 Å². The minimum atomic E-state index is 0. The summed E-state index contributed by atoms with van der Waals surface area (Å²) in [6.45, 7) is 3.06. The zero-order valence-corrected chi connectivity index (χ0v) is 14.2. The highest BCUT2D eigenvalue weighted by molar-refractivity contribution is 7.12. The summed E-state index contributed by atoms with van der Waals surface area (Å²) >= 11 is 1.83. The van der Waals surface area contributed by atoms with Gasteiger partial charge in [-0.2, -0.15) is 0 Å². The van der Waals surface area contributed by atoms with Crippen LogP contribution in [0.3, 0.4) is 0 Å². The van der Waals surface area contributed by atoms with E-state index in [4.69, 9.17) is 4.99 Å². The zero-order valence-electron chi connectivity index (χ0n) is 11.8. The molecule has 0 saturated heterocycles. The number of aliphatic imine (C=N–C) groups is 1. The standard InChI is InChI=1S/C16H16N2S.2ClH/c1-12-6-7-15(19-12)10-13-4-3-9-18-16(13)14-5-2-8-17-11-14;;/h2,5-8,10-11H,3-4,9H2,1H3;2*1H. The monoisotopic (exact) mass is 340 g/mol. The number of aryl methyl sites for hydroxylation is 1. The summed E-state index contributed by atoms with van der Waals surface area (Å²) in [6.07, 6.45) is 8.23. The minimum Gasteiger partial charge on any atom is -0.284 e. The van der Waals surface area contributed by atoms with Crippen LogP contribution >= 0.6 is 36.2 Å². The number of hydrogen-bond donors (Lipinski definition) is 0. The van der Waals surface area contributed by atoms with E-state index < -0.39 is 0 Å². The fourth-order valence-corrected chi connectivity index (χ4v) is 3.15. The first-order valence-electron chi connectivity index (χ1n) is 6.55. The van der Waals surface area contributed by atoms with Gasteiger partial charge in [-0.1, -0.05) is 0 Å². The van der Waals surface area contributed by atoms with Gasteiger partial charge in [0.05, 0.1) is 5.71 Å². The Kier molecular flexibility index (Phi) is 7.09. The van der Waals surface area contributed by atoms with Crippen LogP contribution in [0, 0.1) is 6.92 Å². The first-order valence-corrected chi connectivity index (χ1v) is 7.37. The minimum absolute atomic E-state index is 0. The molecule has 0 saturated carbocycles. The van der Waals surface area contributed by atoms with Crippen molar-refractivity contribution in [3.63, 3.8) is 0 Å². The molecular formula is C16H18Cl2N2S. The van der Waals surface area contributed by atoms with Crippen molar-refractivity contribution in [3.8, 4) is 0 Å². The number of thiophene rings is 1. The summed E-state index contributed by atoms with van der Waals surface area (Å²) in [4.78, 5) is 11.6. The number of allylic oxidation sites excluding steroid dienone is 1. The first-order chi connectivity index (χ1) is 9.33. The van der Waals surface area contributed by atoms with Crippen molar-refractivity contribution < 1.29 is 0 Å². The van der Waals surface area contributed by atoms with E-state index >= 15 is 0 Å². The van der Waals surface area contributed by atoms with E-state index in [2.05, 4.69) is 36.2 Å². The van der Waals surface area contributed by atoms with Crippen LogP contribution < -0.4 is 0 Å². The third-order valence-corrected chi connectivity index (χ3v) is 4.14. The number of aromatic nitrogens is 1. The number of halogens is 2. The van der Waals surface area contributed by atoms with Crippen LogP contribution in [-0.4, -0.2) is 17.2 Å². The van der Waals surface area contributed by atoms with Crippen molar-refractivity contribution in [2.24, 2.45) is 4.99 Å². The highest BCUT2D eigenvalue weighted by atomic mass is 35.5. The Bertz CT molecular complexity index is 633. The summed E-state index contributed by atoms with van der Waals surface area (Å²) in [5.74, 6) is 0. The van der Waals surface area contributed by atoms with Crippen molar-refractivity contribution in [1.82, 2.24) is 4.98 Å². The van der Waals surface area contributed by atoms with Crippen molar-refractivity contribution >= 4 is 47.9 Å². The Morgan fingerprint density at radius 1 is 1.19 bits per heavy atom. The van der Waals surface area contributed by atoms with Gasteiger partial charge in [-0.25, -0.2) is 0 Å². The second-order valence-electron chi connectivity index (χ2n) is 4.69. The molecule has 0 radical (unpaired) electrons. The Hall–Kier alpha value is -1.16. The lowest BCUT2D eigenvalue weighted by atomic mass is 9.96. The molecule has 2 aromatic rings. The molecule has 1 aliphatic rings. The van der Waals surface area contributed by atoms with Gasteiger partial charge in [-0.15, -0.1) is 36.2 Å². The predicted octanol–water partition coefficient (Wildman–Crippen LogP) is 4.96. The Labute approximate surface area is 141 Å². The predicted molar refractivity (Wildman–Crippen MR) is 96.4 cm³/mol. The largest absolute Gasteiger partial charge is 0.284 e. The van der Waals surface area contributed by atoms with Crippen LogP contribution in [0.1, 0.15) is 28.2 Å². The van der Waals surface area contributed by atoms with E-state index in [1.165, 1.54) is 15.3 Å². The maximum Gasteiger partial charge on any atom is 0.0694 e. The molecule has 0 N–H and O–H groups in total. The van der Waals surface area contributed by atoms with Crippen LogP contribution in [0.25, 0.3) is 6.08 Å². The second kappa shape index (κ2) is 8.32. The van der Waals surface area contributed by atoms with Crippen molar-refractivity contribution in [1.29, 1.82) is 0 Å². The molecule has 0 amide bonds. The zero-order chi connectivity index (χ0) is 13.1. The number of nitrogens with zero attached hydrogens (tertiary/aromatic N) is 2. The van der Waals surface area contributed by atoms with Crippen molar-refractivity contribution in [2.75, 3.05) is 6.54 Å². The van der Waals surface area contributed by atoms with Gasteiger partial charge in [0.1, 0.15) is 0 Å². The quantitative estimate of drug-likeness (QED) is 0.758. The molecule has 0 spiro atoms. The maximum absolute atomic E-state index is 4.70. The molecule has 0 aromatic carbocycles. The summed E-state index contributed by atoms with van der Waals surface area (Å²) in [5.41, 5.74) is 3.58. The third-order valence-electron chi connectivity index (χ3n) is 3.19. The lowest BCUT2D eigenvalue weighted by molar-refractivity contribution is 0.818. The van der Waals surface area contributed by atoms with E-state index in [1.807, 2.05) is 23.6 Å². The fourth-order valence-electron chi connectivity index (χ4n) is 2.30. The summed E-state index contributed by atoms with van der Waals surface area (Å²) in [5, 5.41) is 0. The Morgan fingerprint density at radius 2 is 2.05 bits per heavy atom. The van der Waals surface area contributed by atoms with E-state index in [1.54, 1.807) is 6.20 Å².